The summed E-state index contributed by atoms with van der Waals surface area (Å²) in [5, 5.41) is 0.571. The van der Waals surface area contributed by atoms with E-state index in [9.17, 15) is 19.2 Å². The molecule has 36 heavy (non-hydrogen) atoms. The number of imide groups is 1. The van der Waals surface area contributed by atoms with Crippen LogP contribution in [0.25, 0.3) is 0 Å². The number of benzene rings is 2. The van der Waals surface area contributed by atoms with Crippen LogP contribution in [-0.4, -0.2) is 30.2 Å². The second-order valence-electron chi connectivity index (χ2n) is 10.5. The second kappa shape index (κ2) is 7.77. The number of carbonyl (C=O) groups excluding carboxylic acids is 4. The van der Waals surface area contributed by atoms with Gasteiger partial charge >= 0.3 is 5.97 Å². The third kappa shape index (κ3) is 3.18. The van der Waals surface area contributed by atoms with Gasteiger partial charge in [-0.05, 0) is 78.6 Å². The van der Waals surface area contributed by atoms with Crippen LogP contribution in [0.4, 0.5) is 11.4 Å². The molecule has 182 valence electrons. The van der Waals surface area contributed by atoms with Crippen molar-refractivity contribution in [2.75, 3.05) is 16.3 Å². The number of esters is 1. The van der Waals surface area contributed by atoms with Crippen molar-refractivity contribution in [2.24, 2.45) is 41.4 Å². The van der Waals surface area contributed by atoms with Crippen LogP contribution in [0.15, 0.2) is 60.7 Å². The highest BCUT2D eigenvalue weighted by molar-refractivity contribution is 6.30. The van der Waals surface area contributed by atoms with Gasteiger partial charge in [0.1, 0.15) is 5.75 Å². The molecule has 7 nitrogen and oxygen atoms in total. The Morgan fingerprint density at radius 1 is 0.833 bits per heavy atom. The van der Waals surface area contributed by atoms with Crippen LogP contribution in [0.5, 0.6) is 5.75 Å². The number of halogens is 1. The molecule has 2 saturated carbocycles. The molecule has 2 bridgehead atoms. The average Bonchev–Trinajstić information content (AvgIpc) is 3.56. The van der Waals surface area contributed by atoms with Gasteiger partial charge in [-0.1, -0.05) is 23.8 Å². The van der Waals surface area contributed by atoms with E-state index in [1.54, 1.807) is 53.4 Å². The van der Waals surface area contributed by atoms with Gasteiger partial charge in [0.2, 0.25) is 17.7 Å². The number of allylic oxidation sites excluding steroid dienone is 2. The minimum atomic E-state index is -0.591. The van der Waals surface area contributed by atoms with E-state index in [4.69, 9.17) is 16.3 Å². The highest BCUT2D eigenvalue weighted by atomic mass is 35.5. The quantitative estimate of drug-likeness (QED) is 0.274. The van der Waals surface area contributed by atoms with E-state index in [0.29, 0.717) is 34.0 Å². The number of hydrogen-bond donors (Lipinski definition) is 0. The lowest BCUT2D eigenvalue weighted by Crippen LogP contribution is -2.40. The Balaban J connectivity index is 1.03. The molecule has 0 N–H and O–H groups in total. The molecule has 2 saturated heterocycles. The second-order valence-corrected chi connectivity index (χ2v) is 10.9. The maximum absolute atomic E-state index is 13.3. The van der Waals surface area contributed by atoms with E-state index < -0.39 is 11.9 Å². The summed E-state index contributed by atoms with van der Waals surface area (Å²) in [6.45, 7) is 0.231. The first-order valence-electron chi connectivity index (χ1n) is 12.3. The molecule has 0 unspecified atom stereocenters. The van der Waals surface area contributed by atoms with Crippen LogP contribution in [0.3, 0.4) is 0 Å². The Morgan fingerprint density at radius 2 is 1.42 bits per heavy atom. The van der Waals surface area contributed by atoms with Crippen molar-refractivity contribution in [1.29, 1.82) is 0 Å². The molecule has 2 aliphatic heterocycles. The predicted octanol–water partition coefficient (Wildman–Crippen LogP) is 3.86. The maximum atomic E-state index is 13.3. The van der Waals surface area contributed by atoms with Crippen molar-refractivity contribution >= 4 is 46.7 Å². The molecule has 7 atom stereocenters. The molecule has 2 aromatic carbocycles. The fourth-order valence-electron chi connectivity index (χ4n) is 6.81. The smallest absolute Gasteiger partial charge is 0.316 e. The topological polar surface area (TPSA) is 84.0 Å². The van der Waals surface area contributed by atoms with Gasteiger partial charge in [0.15, 0.2) is 0 Å². The SMILES string of the molecule is O=C(Oc1ccc(N2C(=O)[C@@H]3[C@H]4C=C[C@@H]([C@@H]5C[C@H]45)[C@H]3C2=O)cc1)[C@@H]1CC(=O)N(c2ccc(Cl)cc2)C1. The molecule has 8 heteroatoms. The molecule has 0 spiro atoms. The zero-order valence-electron chi connectivity index (χ0n) is 19.2. The normalized spacial score (nSPS) is 33.7. The molecule has 6 aliphatic rings. The summed E-state index contributed by atoms with van der Waals surface area (Å²) < 4.78 is 5.54. The van der Waals surface area contributed by atoms with Gasteiger partial charge in [-0.2, -0.15) is 0 Å². The molecular weight excluding hydrogens is 480 g/mol. The van der Waals surface area contributed by atoms with Crippen molar-refractivity contribution in [2.45, 2.75) is 12.8 Å². The lowest BCUT2D eigenvalue weighted by Gasteiger charge is -2.37. The number of nitrogens with zero attached hydrogens (tertiary/aromatic N) is 2. The zero-order chi connectivity index (χ0) is 24.7. The summed E-state index contributed by atoms with van der Waals surface area (Å²) in [5.74, 6) is -0.214. The monoisotopic (exact) mass is 502 g/mol. The highest BCUT2D eigenvalue weighted by Crippen LogP contribution is 2.65. The number of ether oxygens (including phenoxy) is 1. The third-order valence-electron chi connectivity index (χ3n) is 8.57. The Morgan fingerprint density at radius 3 is 2.03 bits per heavy atom. The number of amides is 3. The van der Waals surface area contributed by atoms with Crippen molar-refractivity contribution in [3.63, 3.8) is 0 Å². The van der Waals surface area contributed by atoms with E-state index in [0.717, 1.165) is 6.42 Å². The van der Waals surface area contributed by atoms with Crippen LogP contribution in [0.1, 0.15) is 12.8 Å². The molecule has 8 rings (SSSR count). The predicted molar refractivity (Wildman–Crippen MR) is 131 cm³/mol. The number of carbonyl (C=O) groups is 4. The van der Waals surface area contributed by atoms with Crippen LogP contribution in [0.2, 0.25) is 5.02 Å². The van der Waals surface area contributed by atoms with E-state index in [1.165, 1.54) is 4.90 Å². The van der Waals surface area contributed by atoms with Crippen LogP contribution < -0.4 is 14.5 Å². The third-order valence-corrected chi connectivity index (χ3v) is 8.82. The van der Waals surface area contributed by atoms with Crippen molar-refractivity contribution in [3.05, 3.63) is 65.7 Å². The lowest BCUT2D eigenvalue weighted by molar-refractivity contribution is -0.139. The van der Waals surface area contributed by atoms with Crippen molar-refractivity contribution in [1.82, 2.24) is 0 Å². The van der Waals surface area contributed by atoms with Gasteiger partial charge < -0.3 is 9.64 Å². The molecule has 2 heterocycles. The lowest BCUT2D eigenvalue weighted by atomic mass is 9.63. The molecule has 4 aliphatic carbocycles. The molecule has 0 radical (unpaired) electrons. The van der Waals surface area contributed by atoms with E-state index in [-0.39, 0.29) is 54.4 Å². The summed E-state index contributed by atoms with van der Waals surface area (Å²) in [5.41, 5.74) is 1.18. The van der Waals surface area contributed by atoms with Gasteiger partial charge in [0.05, 0.1) is 23.4 Å². The molecule has 3 amide bonds. The number of hydrogen-bond acceptors (Lipinski definition) is 5. The zero-order valence-corrected chi connectivity index (χ0v) is 20.0. The van der Waals surface area contributed by atoms with Crippen LogP contribution >= 0.6 is 11.6 Å². The Kier molecular flexibility index (Phi) is 4.71. The van der Waals surface area contributed by atoms with Gasteiger partial charge in [-0.25, -0.2) is 0 Å². The van der Waals surface area contributed by atoms with Gasteiger partial charge in [0, 0.05) is 23.7 Å². The molecular formula is C28H23ClN2O5. The van der Waals surface area contributed by atoms with E-state index >= 15 is 0 Å². The molecule has 2 aromatic rings. The van der Waals surface area contributed by atoms with Crippen LogP contribution in [-0.2, 0) is 19.2 Å². The number of anilines is 2. The standard InChI is InChI=1S/C28H23ClN2O5/c29-15-1-3-16(4-2-15)30-13-14(11-23(30)32)28(35)36-18-7-5-17(6-8-18)31-26(33)24-19-9-10-20(22-12-21(19)22)25(24)27(31)34/h1-10,14,19-22,24-25H,11-13H2/t14-,19+,20+,21-,22+,24-,25-/m1/s1. The van der Waals surface area contributed by atoms with Crippen molar-refractivity contribution < 1.29 is 23.9 Å². The maximum Gasteiger partial charge on any atom is 0.316 e. The minimum Gasteiger partial charge on any atom is -0.426 e. The summed E-state index contributed by atoms with van der Waals surface area (Å²) >= 11 is 5.93. The molecule has 0 aromatic heterocycles. The first-order chi connectivity index (χ1) is 17.4. The Hall–Kier alpha value is -3.45. The fourth-order valence-corrected chi connectivity index (χ4v) is 6.94. The number of rotatable bonds is 4. The van der Waals surface area contributed by atoms with Gasteiger partial charge in [-0.3, -0.25) is 24.1 Å². The van der Waals surface area contributed by atoms with Gasteiger partial charge in [-0.15, -0.1) is 0 Å². The molecule has 4 fully saturated rings. The van der Waals surface area contributed by atoms with Gasteiger partial charge in [0.25, 0.3) is 0 Å². The van der Waals surface area contributed by atoms with E-state index in [2.05, 4.69) is 12.2 Å². The average molecular weight is 503 g/mol. The van der Waals surface area contributed by atoms with E-state index in [1.807, 2.05) is 0 Å². The summed E-state index contributed by atoms with van der Waals surface area (Å²) in [7, 11) is 0. The first-order valence-corrected chi connectivity index (χ1v) is 12.7. The highest BCUT2D eigenvalue weighted by Gasteiger charge is 2.67. The summed E-state index contributed by atoms with van der Waals surface area (Å²) in [6.07, 6.45) is 5.50. The first kappa shape index (κ1) is 21.8. The largest absolute Gasteiger partial charge is 0.426 e. The minimum absolute atomic E-state index is 0.0669. The Bertz CT molecular complexity index is 1300. The van der Waals surface area contributed by atoms with Crippen molar-refractivity contribution in [3.8, 4) is 5.75 Å². The summed E-state index contributed by atoms with van der Waals surface area (Å²) in [6, 6.07) is 13.4. The summed E-state index contributed by atoms with van der Waals surface area (Å²) in [4.78, 5) is 54.7. The Labute approximate surface area is 212 Å². The van der Waals surface area contributed by atoms with Crippen LogP contribution in [0, 0.1) is 41.4 Å². The fraction of sp³-hybridized carbons (Fsp3) is 0.357.